The first-order valence-electron chi connectivity index (χ1n) is 10.0. The molecule has 0 radical (unpaired) electrons. The van der Waals surface area contributed by atoms with Crippen LogP contribution in [0, 0.1) is 0 Å². The molecule has 2 heterocycles. The zero-order valence-corrected chi connectivity index (χ0v) is 18.0. The summed E-state index contributed by atoms with van der Waals surface area (Å²) in [6, 6.07) is 19.1. The highest BCUT2D eigenvalue weighted by molar-refractivity contribution is 7.89. The van der Waals surface area contributed by atoms with Crippen LogP contribution in [0.3, 0.4) is 0 Å². The lowest BCUT2D eigenvalue weighted by molar-refractivity contribution is -0.110. The molecule has 5 rings (SSSR count). The molecule has 0 aliphatic carbocycles. The predicted molar refractivity (Wildman–Crippen MR) is 124 cm³/mol. The van der Waals surface area contributed by atoms with E-state index < -0.39 is 10.0 Å². The maximum atomic E-state index is 12.6. The second kappa shape index (κ2) is 7.08. The average molecular weight is 432 g/mol. The van der Waals surface area contributed by atoms with Crippen molar-refractivity contribution in [3.05, 3.63) is 71.8 Å². The van der Waals surface area contributed by atoms with E-state index in [0.717, 1.165) is 23.0 Å². The molecule has 156 valence electrons. The summed E-state index contributed by atoms with van der Waals surface area (Å²) in [5.74, 6) is -0.245. The lowest BCUT2D eigenvalue weighted by atomic mass is 10.0. The van der Waals surface area contributed by atoms with Gasteiger partial charge in [0.1, 0.15) is 0 Å². The van der Waals surface area contributed by atoms with Crippen molar-refractivity contribution in [1.82, 2.24) is 9.29 Å². The van der Waals surface area contributed by atoms with Crippen LogP contribution in [0.25, 0.3) is 33.5 Å². The van der Waals surface area contributed by atoms with E-state index in [0.29, 0.717) is 16.8 Å². The number of carbonyl (C=O) groups excluding carboxylic acids is 1. The zero-order chi connectivity index (χ0) is 21.8. The number of rotatable bonds is 4. The molecule has 0 saturated heterocycles. The maximum absolute atomic E-state index is 12.6. The summed E-state index contributed by atoms with van der Waals surface area (Å²) in [5.41, 5.74) is 4.83. The second-order valence-corrected chi connectivity index (χ2v) is 9.35. The molecule has 3 aromatic carbocycles. The minimum absolute atomic E-state index is 0.123. The van der Waals surface area contributed by atoms with Crippen molar-refractivity contribution in [3.63, 3.8) is 0 Å². The number of aromatic nitrogens is 1. The molecule has 1 aliphatic heterocycles. The number of amides is 1. The quantitative estimate of drug-likeness (QED) is 0.475. The van der Waals surface area contributed by atoms with Gasteiger partial charge in [-0.15, -0.1) is 0 Å². The number of hydrogen-bond acceptors (Lipinski definition) is 3. The van der Waals surface area contributed by atoms with E-state index in [2.05, 4.69) is 45.8 Å². The van der Waals surface area contributed by atoms with Gasteiger partial charge < -0.3 is 9.88 Å². The Balaban J connectivity index is 1.67. The summed E-state index contributed by atoms with van der Waals surface area (Å²) in [6.45, 7) is 2.99. The fraction of sp³-hybridized carbons (Fsp3) is 0.125. The topological polar surface area (TPSA) is 80.2 Å². The molecular weight excluding hydrogens is 410 g/mol. The van der Waals surface area contributed by atoms with E-state index >= 15 is 0 Å². The van der Waals surface area contributed by atoms with Crippen molar-refractivity contribution >= 4 is 55.1 Å². The number of fused-ring (bicyclic) bond motifs is 4. The smallest absolute Gasteiger partial charge is 0.256 e. The summed E-state index contributed by atoms with van der Waals surface area (Å²) in [5, 5.41) is 5.11. The molecule has 0 spiro atoms. The number of benzene rings is 3. The summed E-state index contributed by atoms with van der Waals surface area (Å²) < 4.78 is 29.0. The third-order valence-electron chi connectivity index (χ3n) is 5.78. The molecule has 0 saturated carbocycles. The number of anilines is 1. The van der Waals surface area contributed by atoms with Gasteiger partial charge in [-0.25, -0.2) is 13.1 Å². The Morgan fingerprint density at radius 3 is 2.55 bits per heavy atom. The largest absolute Gasteiger partial charge is 0.341 e. The number of para-hydroxylation sites is 1. The summed E-state index contributed by atoms with van der Waals surface area (Å²) >= 11 is 0. The number of hydrogen-bond donors (Lipinski definition) is 2. The van der Waals surface area contributed by atoms with Crippen LogP contribution in [0.5, 0.6) is 0 Å². The van der Waals surface area contributed by atoms with E-state index in [4.69, 9.17) is 0 Å². The number of aryl methyl sites for hydroxylation is 1. The molecule has 0 bridgehead atoms. The highest BCUT2D eigenvalue weighted by Crippen LogP contribution is 2.36. The van der Waals surface area contributed by atoms with Crippen molar-refractivity contribution in [2.75, 3.05) is 12.4 Å². The number of nitrogens with one attached hydrogen (secondary N) is 2. The average Bonchev–Trinajstić information content (AvgIpc) is 3.27. The lowest BCUT2D eigenvalue weighted by Gasteiger charge is -2.05. The van der Waals surface area contributed by atoms with Gasteiger partial charge >= 0.3 is 0 Å². The Kier molecular flexibility index (Phi) is 4.46. The molecular formula is C24H21N3O3S. The minimum Gasteiger partial charge on any atom is -0.341 e. The van der Waals surface area contributed by atoms with Crippen LogP contribution < -0.4 is 10.0 Å². The summed E-state index contributed by atoms with van der Waals surface area (Å²) in [7, 11) is -2.24. The molecule has 0 unspecified atom stereocenters. The van der Waals surface area contributed by atoms with Gasteiger partial charge in [0, 0.05) is 45.2 Å². The molecule has 1 amide bonds. The first-order chi connectivity index (χ1) is 14.9. The predicted octanol–water partition coefficient (Wildman–Crippen LogP) is 4.22. The SMILES string of the molecule is CCn1c2ccccc2c2cc(C=C3C(=O)Nc4ccc(S(=O)(=O)NC)cc43)ccc21. The Morgan fingerprint density at radius 1 is 1.00 bits per heavy atom. The van der Waals surface area contributed by atoms with Crippen molar-refractivity contribution in [1.29, 1.82) is 0 Å². The Hall–Kier alpha value is -3.42. The van der Waals surface area contributed by atoms with Crippen LogP contribution in [0.15, 0.2) is 65.6 Å². The highest BCUT2D eigenvalue weighted by Gasteiger charge is 2.26. The standard InChI is InChI=1S/C24H21N3O3S/c1-3-27-22-7-5-4-6-17(22)19-12-15(8-11-23(19)27)13-20-18-14-16(31(29,30)25-2)9-10-21(18)26-24(20)28/h4-14,25H,3H2,1-2H3,(H,26,28). The van der Waals surface area contributed by atoms with Crippen LogP contribution in [-0.4, -0.2) is 25.9 Å². The van der Waals surface area contributed by atoms with Gasteiger partial charge in [0.25, 0.3) is 5.91 Å². The van der Waals surface area contributed by atoms with Crippen molar-refractivity contribution in [2.24, 2.45) is 0 Å². The normalized spacial score (nSPS) is 15.0. The van der Waals surface area contributed by atoms with Gasteiger partial charge in [0.05, 0.1) is 4.90 Å². The number of nitrogens with zero attached hydrogens (tertiary/aromatic N) is 1. The first-order valence-corrected chi connectivity index (χ1v) is 11.5. The van der Waals surface area contributed by atoms with Gasteiger partial charge in [-0.1, -0.05) is 24.3 Å². The Bertz CT molecular complexity index is 1510. The van der Waals surface area contributed by atoms with Crippen molar-refractivity contribution in [2.45, 2.75) is 18.4 Å². The third kappa shape index (κ3) is 3.05. The van der Waals surface area contributed by atoms with Crippen LogP contribution >= 0.6 is 0 Å². The monoisotopic (exact) mass is 431 g/mol. The van der Waals surface area contributed by atoms with Gasteiger partial charge in [-0.3, -0.25) is 4.79 Å². The van der Waals surface area contributed by atoms with Crippen molar-refractivity contribution < 1.29 is 13.2 Å². The van der Waals surface area contributed by atoms with Crippen LogP contribution in [0.2, 0.25) is 0 Å². The molecule has 4 aromatic rings. The first kappa shape index (κ1) is 19.5. The molecule has 1 aliphatic rings. The summed E-state index contributed by atoms with van der Waals surface area (Å²) in [4.78, 5) is 12.8. The van der Waals surface area contributed by atoms with Gasteiger partial charge in [0.2, 0.25) is 10.0 Å². The van der Waals surface area contributed by atoms with Crippen molar-refractivity contribution in [3.8, 4) is 0 Å². The number of sulfonamides is 1. The Labute approximate surface area is 180 Å². The van der Waals surface area contributed by atoms with E-state index in [1.54, 1.807) is 6.07 Å². The van der Waals surface area contributed by atoms with Gasteiger partial charge in [-0.05, 0) is 62.0 Å². The minimum atomic E-state index is -3.61. The fourth-order valence-electron chi connectivity index (χ4n) is 4.26. The molecule has 6 nitrogen and oxygen atoms in total. The van der Waals surface area contributed by atoms with E-state index in [-0.39, 0.29) is 10.8 Å². The fourth-order valence-corrected chi connectivity index (χ4v) is 5.02. The van der Waals surface area contributed by atoms with Crippen LogP contribution in [0.1, 0.15) is 18.1 Å². The Morgan fingerprint density at radius 2 is 1.77 bits per heavy atom. The van der Waals surface area contributed by atoms with Gasteiger partial charge in [-0.2, -0.15) is 0 Å². The molecule has 0 fully saturated rings. The van der Waals surface area contributed by atoms with Gasteiger partial charge in [0.15, 0.2) is 0 Å². The lowest BCUT2D eigenvalue weighted by Crippen LogP contribution is -2.18. The molecule has 7 heteroatoms. The second-order valence-electron chi connectivity index (χ2n) is 7.47. The molecule has 1 aromatic heterocycles. The third-order valence-corrected chi connectivity index (χ3v) is 7.19. The van der Waals surface area contributed by atoms with E-state index in [1.165, 1.54) is 30.1 Å². The summed E-state index contributed by atoms with van der Waals surface area (Å²) in [6.07, 6.45) is 1.81. The molecule has 31 heavy (non-hydrogen) atoms. The molecule has 2 N–H and O–H groups in total. The number of carbonyl (C=O) groups is 1. The molecule has 0 atom stereocenters. The van der Waals surface area contributed by atoms with Crippen LogP contribution in [-0.2, 0) is 21.4 Å². The maximum Gasteiger partial charge on any atom is 0.256 e. The van der Waals surface area contributed by atoms with E-state index in [9.17, 15) is 13.2 Å². The zero-order valence-electron chi connectivity index (χ0n) is 17.1. The van der Waals surface area contributed by atoms with E-state index in [1.807, 2.05) is 24.3 Å². The highest BCUT2D eigenvalue weighted by atomic mass is 32.2. The van der Waals surface area contributed by atoms with Crippen LogP contribution in [0.4, 0.5) is 5.69 Å².